The van der Waals surface area contributed by atoms with Crippen molar-refractivity contribution in [2.45, 2.75) is 6.92 Å². The van der Waals surface area contributed by atoms with Crippen molar-refractivity contribution in [2.24, 2.45) is 5.92 Å². The fourth-order valence-corrected chi connectivity index (χ4v) is 2.38. The molecule has 4 nitrogen and oxygen atoms in total. The summed E-state index contributed by atoms with van der Waals surface area (Å²) in [6.07, 6.45) is 3.51. The maximum Gasteiger partial charge on any atom is 0.210 e. The van der Waals surface area contributed by atoms with Gasteiger partial charge < -0.3 is 10.4 Å². The Bertz CT molecular complexity index is 640. The third kappa shape index (κ3) is 1.32. The van der Waals surface area contributed by atoms with Gasteiger partial charge in [0.05, 0.1) is 5.70 Å². The van der Waals surface area contributed by atoms with Crippen LogP contribution in [-0.4, -0.2) is 16.7 Å². The van der Waals surface area contributed by atoms with Gasteiger partial charge in [0.2, 0.25) is 5.78 Å². The molecule has 1 aliphatic heterocycles. The molecule has 1 unspecified atom stereocenters. The van der Waals surface area contributed by atoms with E-state index in [1.54, 1.807) is 6.20 Å². The lowest BCUT2D eigenvalue weighted by Gasteiger charge is -2.26. The molecule has 3 rings (SSSR count). The maximum atomic E-state index is 12.4. The van der Waals surface area contributed by atoms with E-state index in [1.165, 1.54) is 18.2 Å². The van der Waals surface area contributed by atoms with E-state index in [1.807, 2.05) is 13.0 Å². The molecule has 0 radical (unpaired) electrons. The zero-order valence-electron chi connectivity index (χ0n) is 9.73. The van der Waals surface area contributed by atoms with Crippen LogP contribution in [0.5, 0.6) is 5.75 Å². The second kappa shape index (κ2) is 3.57. The predicted octanol–water partition coefficient (Wildman–Crippen LogP) is 1.78. The summed E-state index contributed by atoms with van der Waals surface area (Å²) < 4.78 is 0. The first-order chi connectivity index (χ1) is 8.59. The van der Waals surface area contributed by atoms with Crippen LogP contribution in [0, 0.1) is 5.92 Å². The van der Waals surface area contributed by atoms with E-state index in [2.05, 4.69) is 5.32 Å². The highest BCUT2D eigenvalue weighted by Gasteiger charge is 2.35. The number of fused-ring (bicyclic) bond motifs is 1. The molecule has 18 heavy (non-hydrogen) atoms. The molecule has 0 saturated carbocycles. The number of rotatable bonds is 0. The number of allylic oxidation sites excluding steroid dienone is 3. The van der Waals surface area contributed by atoms with Crippen LogP contribution in [-0.2, 0) is 0 Å². The van der Waals surface area contributed by atoms with Crippen LogP contribution in [0.25, 0.3) is 0 Å². The molecule has 0 bridgehead atoms. The summed E-state index contributed by atoms with van der Waals surface area (Å²) in [6, 6.07) is 4.25. The van der Waals surface area contributed by atoms with Crippen molar-refractivity contribution >= 4 is 11.6 Å². The highest BCUT2D eigenvalue weighted by atomic mass is 16.3. The van der Waals surface area contributed by atoms with E-state index < -0.39 is 0 Å². The van der Waals surface area contributed by atoms with Crippen LogP contribution in [0.15, 0.2) is 41.7 Å². The van der Waals surface area contributed by atoms with Gasteiger partial charge in [0.25, 0.3) is 0 Å². The van der Waals surface area contributed by atoms with Gasteiger partial charge in [0.15, 0.2) is 5.78 Å². The Labute approximate surface area is 104 Å². The Morgan fingerprint density at radius 3 is 2.72 bits per heavy atom. The largest absolute Gasteiger partial charge is 0.508 e. The predicted molar refractivity (Wildman–Crippen MR) is 65.2 cm³/mol. The molecule has 0 spiro atoms. The number of ketones is 2. The van der Waals surface area contributed by atoms with Crippen molar-refractivity contribution in [1.29, 1.82) is 0 Å². The van der Waals surface area contributed by atoms with Crippen molar-refractivity contribution < 1.29 is 14.7 Å². The van der Waals surface area contributed by atoms with Gasteiger partial charge in [0, 0.05) is 22.6 Å². The fraction of sp³-hybridized carbons (Fsp3) is 0.143. The van der Waals surface area contributed by atoms with Crippen molar-refractivity contribution in [2.75, 3.05) is 0 Å². The van der Waals surface area contributed by atoms with Gasteiger partial charge in [-0.3, -0.25) is 9.59 Å². The van der Waals surface area contributed by atoms with E-state index in [0.717, 1.165) is 0 Å². The van der Waals surface area contributed by atoms with Crippen LogP contribution in [0.4, 0.5) is 0 Å². The number of phenols is 1. The lowest BCUT2D eigenvalue weighted by Crippen LogP contribution is -2.32. The number of dihydropyridines is 1. The SMILES string of the molecule is CC1C=CNC2=C1C(=O)c1cc(O)ccc1C2=O. The second-order valence-electron chi connectivity index (χ2n) is 4.47. The quantitative estimate of drug-likeness (QED) is 0.726. The standard InChI is InChI=1S/C14H11NO3/c1-7-4-5-15-12-11(7)13(17)10-6-8(16)2-3-9(10)14(12)18/h2-7,15-16H,1H3. The molecule has 90 valence electrons. The molecule has 0 amide bonds. The smallest absolute Gasteiger partial charge is 0.210 e. The summed E-state index contributed by atoms with van der Waals surface area (Å²) in [4.78, 5) is 24.6. The third-order valence-corrected chi connectivity index (χ3v) is 3.30. The number of hydrogen-bond donors (Lipinski definition) is 2. The number of carbonyl (C=O) groups excluding carboxylic acids is 2. The lowest BCUT2D eigenvalue weighted by atomic mass is 9.80. The van der Waals surface area contributed by atoms with E-state index >= 15 is 0 Å². The first kappa shape index (κ1) is 10.8. The first-order valence-corrected chi connectivity index (χ1v) is 5.69. The zero-order chi connectivity index (χ0) is 12.9. The minimum Gasteiger partial charge on any atom is -0.508 e. The summed E-state index contributed by atoms with van der Waals surface area (Å²) in [5.74, 6) is -0.505. The normalized spacial score (nSPS) is 21.5. The number of benzene rings is 1. The number of hydrogen-bond acceptors (Lipinski definition) is 4. The van der Waals surface area contributed by atoms with Crippen LogP contribution < -0.4 is 5.32 Å². The molecule has 4 heteroatoms. The number of phenolic OH excluding ortho intramolecular Hbond substituents is 1. The number of carbonyl (C=O) groups is 2. The molecule has 2 N–H and O–H groups in total. The third-order valence-electron chi connectivity index (χ3n) is 3.30. The summed E-state index contributed by atoms with van der Waals surface area (Å²) in [5.41, 5.74) is 1.45. The molecular weight excluding hydrogens is 230 g/mol. The van der Waals surface area contributed by atoms with Gasteiger partial charge in [-0.1, -0.05) is 13.0 Å². The Kier molecular flexibility index (Phi) is 2.13. The van der Waals surface area contributed by atoms with Crippen LogP contribution in [0.2, 0.25) is 0 Å². The highest BCUT2D eigenvalue weighted by molar-refractivity contribution is 6.27. The Hall–Kier alpha value is -2.36. The number of nitrogens with one attached hydrogen (secondary N) is 1. The summed E-state index contributed by atoms with van der Waals surface area (Å²) in [5, 5.41) is 12.3. The van der Waals surface area contributed by atoms with Gasteiger partial charge in [-0.25, -0.2) is 0 Å². The van der Waals surface area contributed by atoms with Gasteiger partial charge in [-0.05, 0) is 24.4 Å². The van der Waals surface area contributed by atoms with Gasteiger partial charge >= 0.3 is 0 Å². The summed E-state index contributed by atoms with van der Waals surface area (Å²) in [6.45, 7) is 1.87. The monoisotopic (exact) mass is 241 g/mol. The topological polar surface area (TPSA) is 66.4 Å². The maximum absolute atomic E-state index is 12.4. The van der Waals surface area contributed by atoms with Crippen molar-refractivity contribution in [3.8, 4) is 5.75 Å². The van der Waals surface area contributed by atoms with Crippen LogP contribution in [0.3, 0.4) is 0 Å². The van der Waals surface area contributed by atoms with Crippen molar-refractivity contribution in [1.82, 2.24) is 5.32 Å². The Balaban J connectivity index is 2.24. The average Bonchev–Trinajstić information content (AvgIpc) is 2.35. The second-order valence-corrected chi connectivity index (χ2v) is 4.47. The Morgan fingerprint density at radius 2 is 1.94 bits per heavy atom. The molecule has 1 aliphatic carbocycles. The molecule has 1 aromatic rings. The zero-order valence-corrected chi connectivity index (χ0v) is 9.73. The molecule has 2 aliphatic rings. The van der Waals surface area contributed by atoms with E-state index in [-0.39, 0.29) is 28.8 Å². The number of Topliss-reactive ketones (excluding diaryl/α,β-unsaturated/α-hetero) is 2. The average molecular weight is 241 g/mol. The first-order valence-electron chi connectivity index (χ1n) is 5.69. The summed E-state index contributed by atoms with van der Waals surface area (Å²) in [7, 11) is 0. The highest BCUT2D eigenvalue weighted by Crippen LogP contribution is 2.33. The number of aromatic hydroxyl groups is 1. The van der Waals surface area contributed by atoms with Crippen LogP contribution in [0.1, 0.15) is 27.6 Å². The van der Waals surface area contributed by atoms with Gasteiger partial charge in [0.1, 0.15) is 5.75 Å². The molecule has 1 aromatic carbocycles. The van der Waals surface area contributed by atoms with Gasteiger partial charge in [-0.15, -0.1) is 0 Å². The van der Waals surface area contributed by atoms with Crippen molar-refractivity contribution in [3.63, 3.8) is 0 Å². The molecule has 1 heterocycles. The van der Waals surface area contributed by atoms with E-state index in [0.29, 0.717) is 16.8 Å². The Morgan fingerprint density at radius 1 is 1.17 bits per heavy atom. The van der Waals surface area contributed by atoms with E-state index in [9.17, 15) is 14.7 Å². The van der Waals surface area contributed by atoms with Crippen LogP contribution >= 0.6 is 0 Å². The summed E-state index contributed by atoms with van der Waals surface area (Å²) >= 11 is 0. The lowest BCUT2D eigenvalue weighted by molar-refractivity contribution is 0.0962. The van der Waals surface area contributed by atoms with Gasteiger partial charge in [-0.2, -0.15) is 0 Å². The minimum absolute atomic E-state index is 0.00841. The molecule has 0 aromatic heterocycles. The molecule has 0 saturated heterocycles. The van der Waals surface area contributed by atoms with E-state index in [4.69, 9.17) is 0 Å². The fourth-order valence-electron chi connectivity index (χ4n) is 2.38. The molecular formula is C14H11NO3. The molecule has 0 fully saturated rings. The van der Waals surface area contributed by atoms with Crippen molar-refractivity contribution in [3.05, 3.63) is 52.9 Å². The minimum atomic E-state index is -0.198. The molecule has 1 atom stereocenters.